The molecule has 3 aromatic rings. The Kier molecular flexibility index (Phi) is 7.48. The van der Waals surface area contributed by atoms with Gasteiger partial charge in [0.25, 0.3) is 5.91 Å². The molecule has 160 valence electrons. The lowest BCUT2D eigenvalue weighted by Gasteiger charge is -2.11. The fourth-order valence-electron chi connectivity index (χ4n) is 2.79. The molecule has 0 fully saturated rings. The van der Waals surface area contributed by atoms with Crippen molar-refractivity contribution in [1.82, 2.24) is 5.43 Å². The van der Waals surface area contributed by atoms with Gasteiger partial charge in [-0.05, 0) is 41.5 Å². The zero-order valence-corrected chi connectivity index (χ0v) is 17.6. The number of carbonyl (C=O) groups excluding carboxylic acids is 1. The van der Waals surface area contributed by atoms with Crippen molar-refractivity contribution < 1.29 is 23.7 Å². The second-order valence-corrected chi connectivity index (χ2v) is 6.49. The van der Waals surface area contributed by atoms with Crippen LogP contribution in [0.15, 0.2) is 71.8 Å². The molecule has 0 aliphatic heterocycles. The number of benzene rings is 3. The van der Waals surface area contributed by atoms with Crippen LogP contribution < -0.4 is 24.4 Å². The van der Waals surface area contributed by atoms with Crippen molar-refractivity contribution in [3.05, 3.63) is 83.4 Å². The van der Waals surface area contributed by atoms with Crippen LogP contribution in [0.4, 0.5) is 0 Å². The summed E-state index contributed by atoms with van der Waals surface area (Å²) in [5, 5.41) is 4.03. The van der Waals surface area contributed by atoms with Gasteiger partial charge in [-0.1, -0.05) is 30.3 Å². The predicted octanol–water partition coefficient (Wildman–Crippen LogP) is 4.06. The van der Waals surface area contributed by atoms with Crippen LogP contribution in [0.3, 0.4) is 0 Å². The van der Waals surface area contributed by atoms with E-state index in [1.54, 1.807) is 37.4 Å². The highest BCUT2D eigenvalue weighted by Crippen LogP contribution is 2.28. The number of methoxy groups -OCH3 is 3. The van der Waals surface area contributed by atoms with E-state index < -0.39 is 0 Å². The highest BCUT2D eigenvalue weighted by Gasteiger charge is 2.09. The van der Waals surface area contributed by atoms with Gasteiger partial charge in [-0.25, -0.2) is 5.43 Å². The van der Waals surface area contributed by atoms with E-state index >= 15 is 0 Å². The van der Waals surface area contributed by atoms with E-state index in [0.29, 0.717) is 35.2 Å². The highest BCUT2D eigenvalue weighted by molar-refractivity contribution is 5.95. The zero-order valence-electron chi connectivity index (χ0n) is 17.6. The van der Waals surface area contributed by atoms with Crippen LogP contribution in [0.25, 0.3) is 0 Å². The van der Waals surface area contributed by atoms with Crippen molar-refractivity contribution in [2.24, 2.45) is 5.10 Å². The number of hydrogen-bond acceptors (Lipinski definition) is 6. The fraction of sp³-hybridized carbons (Fsp3) is 0.167. The molecule has 0 heterocycles. The molecule has 0 radical (unpaired) electrons. The highest BCUT2D eigenvalue weighted by atomic mass is 16.5. The molecule has 1 N–H and O–H groups in total. The number of hydrogen-bond donors (Lipinski definition) is 1. The summed E-state index contributed by atoms with van der Waals surface area (Å²) in [5.41, 5.74) is 4.67. The molecule has 0 saturated carbocycles. The minimum atomic E-state index is -0.386. The molecular formula is C24H24N2O5. The van der Waals surface area contributed by atoms with Crippen LogP contribution in [0.5, 0.6) is 23.0 Å². The first-order valence-corrected chi connectivity index (χ1v) is 9.54. The van der Waals surface area contributed by atoms with Crippen molar-refractivity contribution in [3.63, 3.8) is 0 Å². The Balaban J connectivity index is 1.65. The average Bonchev–Trinajstić information content (AvgIpc) is 2.83. The Morgan fingerprint density at radius 1 is 0.871 bits per heavy atom. The van der Waals surface area contributed by atoms with Crippen molar-refractivity contribution in [3.8, 4) is 23.0 Å². The quantitative estimate of drug-likeness (QED) is 0.417. The molecular weight excluding hydrogens is 396 g/mol. The van der Waals surface area contributed by atoms with Crippen LogP contribution in [-0.2, 0) is 6.61 Å². The number of amides is 1. The summed E-state index contributed by atoms with van der Waals surface area (Å²) in [6.45, 7) is 0.435. The van der Waals surface area contributed by atoms with Crippen LogP contribution >= 0.6 is 0 Å². The second kappa shape index (κ2) is 10.7. The first-order chi connectivity index (χ1) is 15.1. The van der Waals surface area contributed by atoms with E-state index in [-0.39, 0.29) is 5.91 Å². The van der Waals surface area contributed by atoms with Gasteiger partial charge in [-0.3, -0.25) is 4.79 Å². The third-order valence-corrected chi connectivity index (χ3v) is 4.42. The van der Waals surface area contributed by atoms with Gasteiger partial charge < -0.3 is 18.9 Å². The second-order valence-electron chi connectivity index (χ2n) is 6.49. The number of rotatable bonds is 9. The van der Waals surface area contributed by atoms with E-state index in [2.05, 4.69) is 10.5 Å². The van der Waals surface area contributed by atoms with Crippen LogP contribution in [0.1, 0.15) is 21.5 Å². The summed E-state index contributed by atoms with van der Waals surface area (Å²) in [6, 6.07) is 20.2. The van der Waals surface area contributed by atoms with E-state index in [9.17, 15) is 4.79 Å². The fourth-order valence-corrected chi connectivity index (χ4v) is 2.79. The van der Waals surface area contributed by atoms with Gasteiger partial charge in [0.2, 0.25) is 0 Å². The van der Waals surface area contributed by atoms with Crippen LogP contribution in [0, 0.1) is 0 Å². The largest absolute Gasteiger partial charge is 0.497 e. The summed E-state index contributed by atoms with van der Waals surface area (Å²) in [4.78, 5) is 12.4. The molecule has 0 aromatic heterocycles. The predicted molar refractivity (Wildman–Crippen MR) is 118 cm³/mol. The summed E-state index contributed by atoms with van der Waals surface area (Å²) in [6.07, 6.45) is 1.53. The SMILES string of the molecule is COc1cc(OC)cc(C(=O)N/N=C\c2ccc(OCc3ccccc3)c(OC)c2)c1. The monoisotopic (exact) mass is 420 g/mol. The number of nitrogens with one attached hydrogen (secondary N) is 1. The summed E-state index contributed by atoms with van der Waals surface area (Å²) >= 11 is 0. The van der Waals surface area contributed by atoms with Crippen molar-refractivity contribution in [2.75, 3.05) is 21.3 Å². The molecule has 0 bridgehead atoms. The number of ether oxygens (including phenoxy) is 4. The van der Waals surface area contributed by atoms with E-state index in [0.717, 1.165) is 11.1 Å². The van der Waals surface area contributed by atoms with Crippen molar-refractivity contribution >= 4 is 12.1 Å². The molecule has 7 heteroatoms. The third kappa shape index (κ3) is 5.99. The standard InChI is InChI=1S/C24H24N2O5/c1-28-20-12-19(13-21(14-20)29-2)24(27)26-25-15-18-9-10-22(23(11-18)30-3)31-16-17-7-5-4-6-8-17/h4-15H,16H2,1-3H3,(H,26,27)/b25-15-. The molecule has 3 aromatic carbocycles. The van der Waals surface area contributed by atoms with Gasteiger partial charge in [0.15, 0.2) is 11.5 Å². The number of carbonyl (C=O) groups is 1. The Labute approximate surface area is 181 Å². The molecule has 1 amide bonds. The summed E-state index contributed by atoms with van der Waals surface area (Å²) in [5.74, 6) is 1.84. The van der Waals surface area contributed by atoms with E-state index in [4.69, 9.17) is 18.9 Å². The minimum absolute atomic E-state index is 0.371. The molecule has 31 heavy (non-hydrogen) atoms. The molecule has 7 nitrogen and oxygen atoms in total. The Bertz CT molecular complexity index is 1030. The van der Waals surface area contributed by atoms with Crippen molar-refractivity contribution in [2.45, 2.75) is 6.61 Å². The average molecular weight is 420 g/mol. The maximum absolute atomic E-state index is 12.4. The summed E-state index contributed by atoms with van der Waals surface area (Å²) in [7, 11) is 4.62. The molecule has 0 spiro atoms. The van der Waals surface area contributed by atoms with E-state index in [1.165, 1.54) is 20.4 Å². The molecule has 0 aliphatic carbocycles. The van der Waals surface area contributed by atoms with Gasteiger partial charge in [0.05, 0.1) is 27.5 Å². The lowest BCUT2D eigenvalue weighted by molar-refractivity contribution is 0.0954. The molecule has 0 unspecified atom stereocenters. The van der Waals surface area contributed by atoms with Gasteiger partial charge in [0.1, 0.15) is 18.1 Å². The smallest absolute Gasteiger partial charge is 0.271 e. The number of nitrogens with zero attached hydrogens (tertiary/aromatic N) is 1. The maximum atomic E-state index is 12.4. The minimum Gasteiger partial charge on any atom is -0.497 e. The first-order valence-electron chi connectivity index (χ1n) is 9.54. The topological polar surface area (TPSA) is 78.4 Å². The normalized spacial score (nSPS) is 10.5. The van der Waals surface area contributed by atoms with Crippen molar-refractivity contribution in [1.29, 1.82) is 0 Å². The lowest BCUT2D eigenvalue weighted by atomic mass is 10.2. The Morgan fingerprint density at radius 3 is 2.23 bits per heavy atom. The molecule has 0 atom stereocenters. The third-order valence-electron chi connectivity index (χ3n) is 4.42. The molecule has 3 rings (SSSR count). The molecule has 0 aliphatic rings. The first kappa shape index (κ1) is 21.7. The van der Waals surface area contributed by atoms with Gasteiger partial charge >= 0.3 is 0 Å². The van der Waals surface area contributed by atoms with Gasteiger partial charge in [0, 0.05) is 11.6 Å². The van der Waals surface area contributed by atoms with Gasteiger partial charge in [-0.2, -0.15) is 5.10 Å². The lowest BCUT2D eigenvalue weighted by Crippen LogP contribution is -2.17. The van der Waals surface area contributed by atoms with E-state index in [1.807, 2.05) is 36.4 Å². The zero-order chi connectivity index (χ0) is 22.1. The Morgan fingerprint density at radius 2 is 1.58 bits per heavy atom. The van der Waals surface area contributed by atoms with Gasteiger partial charge in [-0.15, -0.1) is 0 Å². The summed E-state index contributed by atoms with van der Waals surface area (Å²) < 4.78 is 21.6. The van der Waals surface area contributed by atoms with Crippen LogP contribution in [-0.4, -0.2) is 33.5 Å². The Hall–Kier alpha value is -4.00. The maximum Gasteiger partial charge on any atom is 0.271 e. The number of hydrazone groups is 1. The molecule has 0 saturated heterocycles. The van der Waals surface area contributed by atoms with Crippen LogP contribution in [0.2, 0.25) is 0 Å².